The van der Waals surface area contributed by atoms with Gasteiger partial charge in [0.05, 0.1) is 11.7 Å². The maximum absolute atomic E-state index is 10.8. The van der Waals surface area contributed by atoms with Crippen molar-refractivity contribution < 1.29 is 14.5 Å². The number of benzene rings is 1. The van der Waals surface area contributed by atoms with Crippen LogP contribution in [0, 0.1) is 5.92 Å². The summed E-state index contributed by atoms with van der Waals surface area (Å²) in [5, 5.41) is 9.20. The molecule has 1 N–H and O–H groups in total. The molecule has 5 heteroatoms. The third-order valence-electron chi connectivity index (χ3n) is 3.41. The summed E-state index contributed by atoms with van der Waals surface area (Å²) in [5.41, 5.74) is 2.53. The number of nitrogens with zero attached hydrogens (tertiary/aromatic N) is 1. The molecule has 0 aromatic heterocycles. The number of rotatable bonds is 4. The van der Waals surface area contributed by atoms with Gasteiger partial charge >= 0.3 is 5.97 Å². The van der Waals surface area contributed by atoms with Crippen LogP contribution in [-0.2, 0) is 4.79 Å². The number of carboxylic acids is 1. The molecule has 2 atom stereocenters. The summed E-state index contributed by atoms with van der Waals surface area (Å²) in [5.74, 6) is -0.278. The first-order chi connectivity index (χ1) is 9.99. The van der Waals surface area contributed by atoms with Crippen molar-refractivity contribution in [1.82, 2.24) is 0 Å². The van der Waals surface area contributed by atoms with Crippen molar-refractivity contribution in [2.45, 2.75) is 12.2 Å². The molecule has 21 heavy (non-hydrogen) atoms. The van der Waals surface area contributed by atoms with Gasteiger partial charge in [0.2, 0.25) is 0 Å². The molecule has 0 saturated heterocycles. The van der Waals surface area contributed by atoms with E-state index in [0.29, 0.717) is 11.2 Å². The molecule has 1 aromatic carbocycles. The van der Waals surface area contributed by atoms with Gasteiger partial charge in [-0.1, -0.05) is 37.3 Å². The summed E-state index contributed by atoms with van der Waals surface area (Å²) in [4.78, 5) is 10.8. The molecule has 0 aliphatic carbocycles. The Morgan fingerprint density at radius 2 is 2.00 bits per heavy atom. The maximum Gasteiger partial charge on any atom is 0.313 e. The lowest BCUT2D eigenvalue weighted by Gasteiger charge is -2.27. The van der Waals surface area contributed by atoms with Crippen LogP contribution in [0.2, 0.25) is 0 Å². The number of carbonyl (C=O) groups is 1. The first kappa shape index (κ1) is 16.2. The van der Waals surface area contributed by atoms with Gasteiger partial charge in [-0.3, -0.25) is 4.79 Å². The topological polar surface area (TPSA) is 40.3 Å². The van der Waals surface area contributed by atoms with Crippen LogP contribution in [-0.4, -0.2) is 41.2 Å². The molecule has 1 heterocycles. The molecule has 0 spiro atoms. The number of aliphatic carboxylic acids is 1. The van der Waals surface area contributed by atoms with Crippen molar-refractivity contribution in [1.29, 1.82) is 0 Å². The summed E-state index contributed by atoms with van der Waals surface area (Å²) in [7, 11) is 4.08. The van der Waals surface area contributed by atoms with E-state index in [4.69, 9.17) is 5.11 Å². The normalized spacial score (nSPS) is 21.9. The Hall–Kier alpha value is -1.20. The lowest BCUT2D eigenvalue weighted by Crippen LogP contribution is -2.26. The summed E-state index contributed by atoms with van der Waals surface area (Å²) in [6.07, 6.45) is 2.13. The number of carboxylic acid groups (broad SMARTS) is 1. The molecule has 2 unspecified atom stereocenters. The standard InChI is InChI=1S/C16H19NO2S2/c1-11-13(17(2)3)9-15(20-10-14(18)19)21-16(11)12-7-5-4-6-8-12/h4-9,11,16H,10H2,1-3H3/p+1. The molecule has 0 bridgehead atoms. The molecule has 1 aromatic rings. The minimum atomic E-state index is -0.775. The zero-order valence-corrected chi connectivity index (χ0v) is 14.1. The van der Waals surface area contributed by atoms with Crippen LogP contribution in [0.1, 0.15) is 17.7 Å². The SMILES string of the molecule is CC1C(=[N+](C)C)C=C(SCC(=O)O)SC1c1ccccc1. The van der Waals surface area contributed by atoms with Crippen LogP contribution >= 0.6 is 23.5 Å². The average molecular weight is 322 g/mol. The predicted octanol–water partition coefficient (Wildman–Crippen LogP) is 3.48. The minimum Gasteiger partial charge on any atom is -0.481 e. The molecular weight excluding hydrogens is 302 g/mol. The Balaban J connectivity index is 2.31. The Morgan fingerprint density at radius 3 is 2.57 bits per heavy atom. The molecule has 2 rings (SSSR count). The van der Waals surface area contributed by atoms with E-state index >= 15 is 0 Å². The molecular formula is C16H20NO2S2+. The number of hydrogen-bond acceptors (Lipinski definition) is 3. The fourth-order valence-corrected chi connectivity index (χ4v) is 4.72. The Morgan fingerprint density at radius 1 is 1.33 bits per heavy atom. The first-order valence-corrected chi connectivity index (χ1v) is 8.67. The second kappa shape index (κ2) is 7.18. The smallest absolute Gasteiger partial charge is 0.313 e. The summed E-state index contributed by atoms with van der Waals surface area (Å²) in [6.45, 7) is 2.23. The van der Waals surface area contributed by atoms with Crippen LogP contribution in [0.5, 0.6) is 0 Å². The molecule has 0 amide bonds. The van der Waals surface area contributed by atoms with Crippen molar-refractivity contribution in [3.05, 3.63) is 46.2 Å². The quantitative estimate of drug-likeness (QED) is 0.862. The highest BCUT2D eigenvalue weighted by atomic mass is 32.2. The fraction of sp³-hybridized carbons (Fsp3) is 0.375. The van der Waals surface area contributed by atoms with Gasteiger partial charge in [-0.2, -0.15) is 0 Å². The zero-order chi connectivity index (χ0) is 15.4. The van der Waals surface area contributed by atoms with E-state index in [0.717, 1.165) is 4.24 Å². The number of allylic oxidation sites excluding steroid dienone is 1. The predicted molar refractivity (Wildman–Crippen MR) is 91.2 cm³/mol. The molecule has 1 aliphatic heterocycles. The van der Waals surface area contributed by atoms with Gasteiger partial charge in [0.25, 0.3) is 0 Å². The summed E-state index contributed by atoms with van der Waals surface area (Å²) >= 11 is 3.17. The fourth-order valence-electron chi connectivity index (χ4n) is 2.41. The Kier molecular flexibility index (Phi) is 5.53. The van der Waals surface area contributed by atoms with Gasteiger partial charge in [0.1, 0.15) is 14.1 Å². The minimum absolute atomic E-state index is 0.107. The van der Waals surface area contributed by atoms with E-state index in [1.165, 1.54) is 23.0 Å². The first-order valence-electron chi connectivity index (χ1n) is 6.81. The van der Waals surface area contributed by atoms with Crippen molar-refractivity contribution in [3.8, 4) is 0 Å². The van der Waals surface area contributed by atoms with Gasteiger partial charge in [-0.05, 0) is 5.56 Å². The Labute approximate surface area is 134 Å². The Bertz CT molecular complexity index is 577. The van der Waals surface area contributed by atoms with E-state index in [1.54, 1.807) is 11.8 Å². The molecule has 112 valence electrons. The highest BCUT2D eigenvalue weighted by molar-refractivity contribution is 8.22. The highest BCUT2D eigenvalue weighted by Gasteiger charge is 2.33. The average Bonchev–Trinajstić information content (AvgIpc) is 2.46. The summed E-state index contributed by atoms with van der Waals surface area (Å²) < 4.78 is 3.20. The zero-order valence-electron chi connectivity index (χ0n) is 12.4. The second-order valence-corrected chi connectivity index (χ2v) is 7.66. The van der Waals surface area contributed by atoms with Gasteiger partial charge in [-0.15, -0.1) is 23.5 Å². The lowest BCUT2D eigenvalue weighted by molar-refractivity contribution is -0.466. The largest absolute Gasteiger partial charge is 0.481 e. The van der Waals surface area contributed by atoms with Crippen molar-refractivity contribution >= 4 is 35.2 Å². The van der Waals surface area contributed by atoms with Crippen LogP contribution in [0.4, 0.5) is 0 Å². The van der Waals surface area contributed by atoms with Crippen LogP contribution < -0.4 is 0 Å². The molecule has 0 radical (unpaired) electrons. The monoisotopic (exact) mass is 322 g/mol. The van der Waals surface area contributed by atoms with Crippen molar-refractivity contribution in [3.63, 3.8) is 0 Å². The third kappa shape index (κ3) is 4.14. The van der Waals surface area contributed by atoms with Crippen molar-refractivity contribution in [2.24, 2.45) is 5.92 Å². The van der Waals surface area contributed by atoms with Gasteiger partial charge in [0.15, 0.2) is 5.71 Å². The van der Waals surface area contributed by atoms with E-state index in [1.807, 2.05) is 20.2 Å². The second-order valence-electron chi connectivity index (χ2n) is 5.20. The molecule has 0 fully saturated rings. The third-order valence-corrected chi connectivity index (χ3v) is 6.13. The van der Waals surface area contributed by atoms with E-state index in [9.17, 15) is 4.79 Å². The van der Waals surface area contributed by atoms with Crippen LogP contribution in [0.25, 0.3) is 0 Å². The highest BCUT2D eigenvalue weighted by Crippen LogP contribution is 2.48. The van der Waals surface area contributed by atoms with E-state index in [-0.39, 0.29) is 5.75 Å². The van der Waals surface area contributed by atoms with E-state index < -0.39 is 5.97 Å². The van der Waals surface area contributed by atoms with Gasteiger partial charge < -0.3 is 5.11 Å². The molecule has 3 nitrogen and oxygen atoms in total. The van der Waals surface area contributed by atoms with Crippen molar-refractivity contribution in [2.75, 3.05) is 19.8 Å². The number of hydrogen-bond donors (Lipinski definition) is 1. The van der Waals surface area contributed by atoms with E-state index in [2.05, 4.69) is 41.8 Å². The number of thioether (sulfide) groups is 2. The summed E-state index contributed by atoms with van der Waals surface area (Å²) in [6, 6.07) is 10.4. The maximum atomic E-state index is 10.8. The molecule has 0 saturated carbocycles. The van der Waals surface area contributed by atoms with Crippen LogP contribution in [0.3, 0.4) is 0 Å². The lowest BCUT2D eigenvalue weighted by atomic mass is 9.95. The van der Waals surface area contributed by atoms with Crippen LogP contribution in [0.15, 0.2) is 40.6 Å². The van der Waals surface area contributed by atoms with Gasteiger partial charge in [0, 0.05) is 15.6 Å². The van der Waals surface area contributed by atoms with Gasteiger partial charge in [-0.25, -0.2) is 4.58 Å². The molecule has 1 aliphatic rings.